The smallest absolute Gasteiger partial charge is 0.325 e. The molecule has 1 N–H and O–H groups in total. The lowest BCUT2D eigenvalue weighted by atomic mass is 10.1. The molecular formula is C20H22N4O4S. The van der Waals surface area contributed by atoms with Crippen molar-refractivity contribution in [1.29, 1.82) is 0 Å². The molecule has 3 rings (SSSR count). The molecule has 1 amide bonds. The first kappa shape index (κ1) is 20.7. The molecule has 9 heteroatoms. The topological polar surface area (TPSA) is 103 Å². The van der Waals surface area contributed by atoms with Crippen LogP contribution < -0.4 is 10.9 Å². The van der Waals surface area contributed by atoms with Gasteiger partial charge < -0.3 is 10.1 Å². The van der Waals surface area contributed by atoms with Crippen LogP contribution in [0.25, 0.3) is 4.96 Å². The normalized spacial score (nSPS) is 10.8. The third-order valence-electron chi connectivity index (χ3n) is 4.17. The zero-order valence-corrected chi connectivity index (χ0v) is 17.1. The highest BCUT2D eigenvalue weighted by atomic mass is 32.1. The molecule has 0 radical (unpaired) electrons. The van der Waals surface area contributed by atoms with Crippen LogP contribution >= 0.6 is 11.3 Å². The number of esters is 1. The van der Waals surface area contributed by atoms with Crippen molar-refractivity contribution >= 4 is 28.2 Å². The minimum Gasteiger partial charge on any atom is -0.458 e. The Labute approximate surface area is 171 Å². The summed E-state index contributed by atoms with van der Waals surface area (Å²) in [5.74, 6) is -0.968. The van der Waals surface area contributed by atoms with Crippen LogP contribution in [0.2, 0.25) is 0 Å². The van der Waals surface area contributed by atoms with Gasteiger partial charge in [0.05, 0.1) is 5.69 Å². The van der Waals surface area contributed by atoms with E-state index in [0.29, 0.717) is 16.2 Å². The molecule has 0 spiro atoms. The maximum atomic E-state index is 12.2. The molecule has 1 aromatic carbocycles. The van der Waals surface area contributed by atoms with Crippen molar-refractivity contribution in [3.63, 3.8) is 0 Å². The number of aromatic nitrogens is 3. The Morgan fingerprint density at radius 2 is 2.00 bits per heavy atom. The fourth-order valence-electron chi connectivity index (χ4n) is 2.56. The summed E-state index contributed by atoms with van der Waals surface area (Å²) in [4.78, 5) is 41.0. The zero-order chi connectivity index (χ0) is 20.8. The molecular weight excluding hydrogens is 392 g/mol. The van der Waals surface area contributed by atoms with Crippen molar-refractivity contribution in [2.45, 2.75) is 39.7 Å². The third-order valence-corrected chi connectivity index (χ3v) is 5.14. The standard InChI is InChI=1S/C20H22N4O4S/c1-3-4-5-16-23-24-17(25)10-15(22-20(24)29-16)12-28-18(26)11-21-19(27)14-8-6-13(2)7-9-14/h6-10H,3-5,11-12H2,1-2H3,(H,21,27). The second kappa shape index (κ2) is 9.42. The van der Waals surface area contributed by atoms with Gasteiger partial charge in [-0.15, -0.1) is 0 Å². The highest BCUT2D eigenvalue weighted by Gasteiger charge is 2.12. The summed E-state index contributed by atoms with van der Waals surface area (Å²) in [5, 5.41) is 7.64. The monoisotopic (exact) mass is 414 g/mol. The second-order valence-electron chi connectivity index (χ2n) is 6.59. The summed E-state index contributed by atoms with van der Waals surface area (Å²) < 4.78 is 6.40. The van der Waals surface area contributed by atoms with E-state index < -0.39 is 5.97 Å². The fraction of sp³-hybridized carbons (Fsp3) is 0.350. The van der Waals surface area contributed by atoms with Crippen LogP contribution in [0.5, 0.6) is 0 Å². The van der Waals surface area contributed by atoms with E-state index in [2.05, 4.69) is 22.3 Å². The summed E-state index contributed by atoms with van der Waals surface area (Å²) >= 11 is 1.36. The number of unbranched alkanes of at least 4 members (excludes halogenated alkanes) is 1. The highest BCUT2D eigenvalue weighted by molar-refractivity contribution is 7.16. The Hall–Kier alpha value is -3.07. The molecule has 152 valence electrons. The van der Waals surface area contributed by atoms with E-state index in [4.69, 9.17) is 4.74 Å². The lowest BCUT2D eigenvalue weighted by Gasteiger charge is -2.06. The number of hydrogen-bond donors (Lipinski definition) is 1. The summed E-state index contributed by atoms with van der Waals surface area (Å²) in [7, 11) is 0. The number of amides is 1. The minimum atomic E-state index is -0.611. The molecule has 0 bridgehead atoms. The number of carbonyl (C=O) groups excluding carboxylic acids is 2. The number of nitrogens with zero attached hydrogens (tertiary/aromatic N) is 3. The van der Waals surface area contributed by atoms with Crippen molar-refractivity contribution in [2.24, 2.45) is 0 Å². The minimum absolute atomic E-state index is 0.146. The molecule has 8 nitrogen and oxygen atoms in total. The lowest BCUT2D eigenvalue weighted by Crippen LogP contribution is -2.30. The largest absolute Gasteiger partial charge is 0.458 e. The Morgan fingerprint density at radius 1 is 1.24 bits per heavy atom. The molecule has 0 atom stereocenters. The molecule has 0 saturated heterocycles. The van der Waals surface area contributed by atoms with E-state index in [1.54, 1.807) is 12.1 Å². The van der Waals surface area contributed by atoms with Crippen LogP contribution in [-0.2, 0) is 22.6 Å². The third kappa shape index (κ3) is 5.47. The van der Waals surface area contributed by atoms with Gasteiger partial charge in [0.2, 0.25) is 4.96 Å². The van der Waals surface area contributed by atoms with E-state index in [1.165, 1.54) is 21.9 Å². The van der Waals surface area contributed by atoms with E-state index in [9.17, 15) is 14.4 Å². The number of ether oxygens (including phenoxy) is 1. The first-order valence-electron chi connectivity index (χ1n) is 9.35. The van der Waals surface area contributed by atoms with Gasteiger partial charge in [0.15, 0.2) is 0 Å². The number of carbonyl (C=O) groups is 2. The van der Waals surface area contributed by atoms with Crippen molar-refractivity contribution in [2.75, 3.05) is 6.54 Å². The number of benzene rings is 1. The molecule has 29 heavy (non-hydrogen) atoms. The first-order valence-corrected chi connectivity index (χ1v) is 10.2. The average Bonchev–Trinajstić information content (AvgIpc) is 3.13. The Morgan fingerprint density at radius 3 is 2.72 bits per heavy atom. The second-order valence-corrected chi connectivity index (χ2v) is 7.63. The fourth-order valence-corrected chi connectivity index (χ4v) is 3.52. The molecule has 0 unspecified atom stereocenters. The quantitative estimate of drug-likeness (QED) is 0.567. The van der Waals surface area contributed by atoms with Gasteiger partial charge in [0.1, 0.15) is 18.2 Å². The number of rotatable bonds is 8. The molecule has 0 fully saturated rings. The zero-order valence-electron chi connectivity index (χ0n) is 16.3. The predicted octanol–water partition coefficient (Wildman–Crippen LogP) is 2.28. The highest BCUT2D eigenvalue weighted by Crippen LogP contribution is 2.14. The van der Waals surface area contributed by atoms with Crippen LogP contribution in [-0.4, -0.2) is 33.0 Å². The van der Waals surface area contributed by atoms with Gasteiger partial charge in [0.25, 0.3) is 11.5 Å². The van der Waals surface area contributed by atoms with Gasteiger partial charge in [-0.3, -0.25) is 14.4 Å². The molecule has 3 aromatic rings. The van der Waals surface area contributed by atoms with Crippen LogP contribution in [0.1, 0.15) is 46.4 Å². The van der Waals surface area contributed by atoms with E-state index >= 15 is 0 Å². The maximum Gasteiger partial charge on any atom is 0.325 e. The maximum absolute atomic E-state index is 12.2. The van der Waals surface area contributed by atoms with Crippen LogP contribution in [0, 0.1) is 6.92 Å². The van der Waals surface area contributed by atoms with Gasteiger partial charge in [-0.1, -0.05) is 42.4 Å². The molecule has 0 saturated carbocycles. The number of fused-ring (bicyclic) bond motifs is 1. The van der Waals surface area contributed by atoms with Gasteiger partial charge in [-0.05, 0) is 25.5 Å². The average molecular weight is 414 g/mol. The van der Waals surface area contributed by atoms with Crippen molar-refractivity contribution < 1.29 is 14.3 Å². The van der Waals surface area contributed by atoms with Crippen molar-refractivity contribution in [3.8, 4) is 0 Å². The van der Waals surface area contributed by atoms with Gasteiger partial charge in [-0.25, -0.2) is 4.98 Å². The van der Waals surface area contributed by atoms with E-state index in [-0.39, 0.29) is 24.6 Å². The Balaban J connectivity index is 1.55. The SMILES string of the molecule is CCCCc1nn2c(=O)cc(COC(=O)CNC(=O)c3ccc(C)cc3)nc2s1. The van der Waals surface area contributed by atoms with E-state index in [0.717, 1.165) is 29.8 Å². The molecule has 2 aromatic heterocycles. The number of hydrogen-bond acceptors (Lipinski definition) is 7. The summed E-state index contributed by atoms with van der Waals surface area (Å²) in [6, 6.07) is 8.31. The predicted molar refractivity (Wildman–Crippen MR) is 109 cm³/mol. The molecule has 0 aliphatic carbocycles. The first-order chi connectivity index (χ1) is 14.0. The Kier molecular flexibility index (Phi) is 6.71. The van der Waals surface area contributed by atoms with Gasteiger partial charge in [-0.2, -0.15) is 9.61 Å². The molecule has 2 heterocycles. The number of aryl methyl sites for hydroxylation is 2. The summed E-state index contributed by atoms with van der Waals surface area (Å²) in [6.07, 6.45) is 2.84. The Bertz CT molecular complexity index is 1070. The van der Waals surface area contributed by atoms with Crippen molar-refractivity contribution in [3.05, 3.63) is 62.5 Å². The van der Waals surface area contributed by atoms with Crippen molar-refractivity contribution in [1.82, 2.24) is 19.9 Å². The molecule has 0 aliphatic rings. The van der Waals surface area contributed by atoms with Crippen LogP contribution in [0.3, 0.4) is 0 Å². The van der Waals surface area contributed by atoms with E-state index in [1.807, 2.05) is 19.1 Å². The number of nitrogens with one attached hydrogen (secondary N) is 1. The molecule has 0 aliphatic heterocycles. The lowest BCUT2D eigenvalue weighted by molar-refractivity contribution is -0.143. The summed E-state index contributed by atoms with van der Waals surface area (Å²) in [6.45, 7) is 3.60. The van der Waals surface area contributed by atoms with Crippen LogP contribution in [0.15, 0.2) is 35.1 Å². The van der Waals surface area contributed by atoms with Gasteiger partial charge >= 0.3 is 5.97 Å². The van der Waals surface area contributed by atoms with Gasteiger partial charge in [0, 0.05) is 18.1 Å². The van der Waals surface area contributed by atoms with Crippen LogP contribution in [0.4, 0.5) is 0 Å². The summed E-state index contributed by atoms with van der Waals surface area (Å²) in [5.41, 5.74) is 1.54.